The Bertz CT molecular complexity index is 828. The predicted octanol–water partition coefficient (Wildman–Crippen LogP) is 5.57. The molecule has 3 N–H and O–H groups in total. The highest BCUT2D eigenvalue weighted by atomic mass is 32.3. The molecule has 25 heavy (non-hydrogen) atoms. The summed E-state index contributed by atoms with van der Waals surface area (Å²) in [6.45, 7) is 0. The molecule has 0 aromatic heterocycles. The van der Waals surface area contributed by atoms with Crippen LogP contribution in [0.25, 0.3) is 0 Å². The number of hydrogen-bond acceptors (Lipinski definition) is 9. The van der Waals surface area contributed by atoms with Gasteiger partial charge in [-0.3, -0.25) is 4.79 Å². The van der Waals surface area contributed by atoms with Crippen LogP contribution in [-0.4, -0.2) is 27.6 Å². The third-order valence-electron chi connectivity index (χ3n) is 3.19. The number of thioether (sulfide) groups is 6. The van der Waals surface area contributed by atoms with Crippen LogP contribution in [0.1, 0.15) is 0 Å². The molecule has 1 aromatic rings. The van der Waals surface area contributed by atoms with Crippen LogP contribution in [0.3, 0.4) is 0 Å². The molecule has 3 aliphatic heterocycles. The topological polar surface area (TPSA) is 69.6 Å². The van der Waals surface area contributed by atoms with Gasteiger partial charge in [-0.15, -0.1) is 23.5 Å². The summed E-state index contributed by atoms with van der Waals surface area (Å²) in [5.74, 6) is 1.63. The van der Waals surface area contributed by atoms with Gasteiger partial charge in [0.05, 0.1) is 21.9 Å². The number of phenolic OH excluding ortho intramolecular Hbond substituents is 2. The summed E-state index contributed by atoms with van der Waals surface area (Å²) in [5, 5.41) is 23.5. The Hall–Kier alpha value is -0.390. The minimum absolute atomic E-state index is 0.211. The van der Waals surface area contributed by atoms with Crippen LogP contribution < -0.4 is 5.32 Å². The Kier molecular flexibility index (Phi) is 5.54. The highest BCUT2D eigenvalue weighted by Crippen LogP contribution is 2.63. The Morgan fingerprint density at radius 2 is 1.64 bits per heavy atom. The lowest BCUT2D eigenvalue weighted by Crippen LogP contribution is -2.11. The number of hydrogen-bond donors (Lipinski definition) is 3. The second-order valence-electron chi connectivity index (χ2n) is 4.91. The minimum atomic E-state index is -0.256. The van der Waals surface area contributed by atoms with Crippen molar-refractivity contribution in [2.45, 2.75) is 0 Å². The average Bonchev–Trinajstić information content (AvgIpc) is 3.24. The maximum atomic E-state index is 12.4. The number of carbonyl (C=O) groups is 1. The number of carbonyl (C=O) groups excluding carboxylic acids is 1. The molecule has 4 rings (SSSR count). The molecule has 0 radical (unpaired) electrons. The van der Waals surface area contributed by atoms with E-state index in [0.717, 1.165) is 15.7 Å². The van der Waals surface area contributed by atoms with Crippen LogP contribution >= 0.6 is 70.6 Å². The van der Waals surface area contributed by atoms with E-state index in [9.17, 15) is 15.0 Å². The number of aromatic hydroxyl groups is 2. The molecule has 3 heterocycles. The molecule has 0 spiro atoms. The zero-order valence-corrected chi connectivity index (χ0v) is 17.4. The SMILES string of the molecule is O=C(Nc1ccc(O)c(O)c1)C1=CSC(=C2SC3=C(SCCS3)S2)S1. The van der Waals surface area contributed by atoms with Crippen LogP contribution in [0.2, 0.25) is 0 Å². The maximum absolute atomic E-state index is 12.4. The summed E-state index contributed by atoms with van der Waals surface area (Å²) >= 11 is 10.5. The Labute approximate surface area is 170 Å². The van der Waals surface area contributed by atoms with E-state index >= 15 is 0 Å². The van der Waals surface area contributed by atoms with Gasteiger partial charge in [0.15, 0.2) is 11.5 Å². The Balaban J connectivity index is 1.41. The lowest BCUT2D eigenvalue weighted by Gasteiger charge is -2.08. The third kappa shape index (κ3) is 3.98. The normalized spacial score (nSPS) is 19.9. The summed E-state index contributed by atoms with van der Waals surface area (Å²) in [4.78, 5) is 13.0. The van der Waals surface area contributed by atoms with E-state index in [0.29, 0.717) is 10.6 Å². The van der Waals surface area contributed by atoms with Crippen molar-refractivity contribution in [3.8, 4) is 11.5 Å². The standard InChI is InChI=1S/C15H11NO3S6/c17-8-2-1-7(5-9(8)18)16-11(19)10-6-22-14(23-10)15-24-12-13(25-15)21-4-3-20-12/h1-2,5-6,17-18H,3-4H2,(H,16,19). The van der Waals surface area contributed by atoms with Gasteiger partial charge in [-0.25, -0.2) is 0 Å². The molecule has 10 heteroatoms. The van der Waals surface area contributed by atoms with Crippen molar-refractivity contribution < 1.29 is 15.0 Å². The number of rotatable bonds is 2. The molecule has 4 nitrogen and oxygen atoms in total. The zero-order chi connectivity index (χ0) is 17.4. The molecule has 1 amide bonds. The van der Waals surface area contributed by atoms with Crippen molar-refractivity contribution in [2.24, 2.45) is 0 Å². The number of amides is 1. The summed E-state index contributed by atoms with van der Waals surface area (Å²) < 4.78 is 5.18. The van der Waals surface area contributed by atoms with Crippen molar-refractivity contribution in [3.05, 3.63) is 45.5 Å². The highest BCUT2D eigenvalue weighted by molar-refractivity contribution is 8.43. The fraction of sp³-hybridized carbons (Fsp3) is 0.133. The van der Waals surface area contributed by atoms with Crippen molar-refractivity contribution in [3.63, 3.8) is 0 Å². The second-order valence-corrected chi connectivity index (χ2v) is 12.1. The molecule has 0 saturated heterocycles. The van der Waals surface area contributed by atoms with E-state index < -0.39 is 0 Å². The van der Waals surface area contributed by atoms with Crippen molar-refractivity contribution in [1.29, 1.82) is 0 Å². The quantitative estimate of drug-likeness (QED) is 0.400. The fourth-order valence-electron chi connectivity index (χ4n) is 2.04. The van der Waals surface area contributed by atoms with Gasteiger partial charge in [0.1, 0.15) is 0 Å². The van der Waals surface area contributed by atoms with Gasteiger partial charge in [0.2, 0.25) is 0 Å². The van der Waals surface area contributed by atoms with Gasteiger partial charge < -0.3 is 15.5 Å². The van der Waals surface area contributed by atoms with E-state index in [1.807, 2.05) is 52.5 Å². The van der Waals surface area contributed by atoms with E-state index in [-0.39, 0.29) is 17.4 Å². The number of benzene rings is 1. The first kappa shape index (κ1) is 18.0. The molecular formula is C15H11NO3S6. The molecule has 0 bridgehead atoms. The first-order chi connectivity index (χ1) is 12.1. The van der Waals surface area contributed by atoms with E-state index in [1.54, 1.807) is 17.8 Å². The molecule has 0 atom stereocenters. The molecule has 0 fully saturated rings. The first-order valence-corrected chi connectivity index (χ1v) is 12.4. The smallest absolute Gasteiger partial charge is 0.262 e. The predicted molar refractivity (Wildman–Crippen MR) is 116 cm³/mol. The Morgan fingerprint density at radius 3 is 2.32 bits per heavy atom. The van der Waals surface area contributed by atoms with Crippen molar-refractivity contribution >= 4 is 82.2 Å². The number of anilines is 1. The summed E-state index contributed by atoms with van der Waals surface area (Å²) in [6.07, 6.45) is 0. The maximum Gasteiger partial charge on any atom is 0.262 e. The van der Waals surface area contributed by atoms with Gasteiger partial charge in [0.25, 0.3) is 5.91 Å². The van der Waals surface area contributed by atoms with E-state index in [4.69, 9.17) is 0 Å². The van der Waals surface area contributed by atoms with Gasteiger partial charge in [-0.05, 0) is 17.5 Å². The van der Waals surface area contributed by atoms with Crippen LogP contribution in [0.5, 0.6) is 11.5 Å². The molecule has 1 aromatic carbocycles. The van der Waals surface area contributed by atoms with Gasteiger partial charge in [-0.2, -0.15) is 0 Å². The monoisotopic (exact) mass is 445 g/mol. The molecular weight excluding hydrogens is 435 g/mol. The van der Waals surface area contributed by atoms with Gasteiger partial charge >= 0.3 is 0 Å². The minimum Gasteiger partial charge on any atom is -0.504 e. The number of nitrogens with one attached hydrogen (secondary N) is 1. The summed E-state index contributed by atoms with van der Waals surface area (Å²) in [6, 6.07) is 4.23. The molecule has 130 valence electrons. The van der Waals surface area contributed by atoms with Crippen LogP contribution in [0.15, 0.2) is 45.5 Å². The largest absolute Gasteiger partial charge is 0.504 e. The third-order valence-corrected chi connectivity index (χ3v) is 11.9. The highest BCUT2D eigenvalue weighted by Gasteiger charge is 2.30. The van der Waals surface area contributed by atoms with Crippen molar-refractivity contribution in [2.75, 3.05) is 16.8 Å². The lowest BCUT2D eigenvalue weighted by atomic mass is 10.3. The summed E-state index contributed by atoms with van der Waals surface area (Å²) in [7, 11) is 0. The average molecular weight is 446 g/mol. The first-order valence-electron chi connectivity index (χ1n) is 7.08. The van der Waals surface area contributed by atoms with Crippen molar-refractivity contribution in [1.82, 2.24) is 0 Å². The molecule has 0 unspecified atom stereocenters. The van der Waals surface area contributed by atoms with Crippen LogP contribution in [0.4, 0.5) is 5.69 Å². The molecule has 3 aliphatic rings. The zero-order valence-electron chi connectivity index (χ0n) is 12.5. The van der Waals surface area contributed by atoms with Crippen LogP contribution in [0, 0.1) is 0 Å². The van der Waals surface area contributed by atoms with Gasteiger partial charge in [0, 0.05) is 23.3 Å². The lowest BCUT2D eigenvalue weighted by molar-refractivity contribution is -0.112. The van der Waals surface area contributed by atoms with Gasteiger partial charge in [-0.1, -0.05) is 47.0 Å². The second kappa shape index (κ2) is 7.69. The Morgan fingerprint density at radius 1 is 0.920 bits per heavy atom. The van der Waals surface area contributed by atoms with Crippen LogP contribution in [-0.2, 0) is 4.79 Å². The number of phenols is 2. The van der Waals surface area contributed by atoms with E-state index in [1.165, 1.54) is 36.6 Å². The van der Waals surface area contributed by atoms with E-state index in [2.05, 4.69) is 5.32 Å². The molecule has 0 aliphatic carbocycles. The summed E-state index contributed by atoms with van der Waals surface area (Å²) in [5.41, 5.74) is 0.447. The molecule has 0 saturated carbocycles. The fourth-order valence-corrected chi connectivity index (χ4v) is 10.5.